The summed E-state index contributed by atoms with van der Waals surface area (Å²) < 4.78 is 40.9. The first-order chi connectivity index (χ1) is 14.6. The number of ether oxygens (including phenoxy) is 1. The number of pyridine rings is 1. The van der Waals surface area contributed by atoms with Gasteiger partial charge in [0.05, 0.1) is 23.5 Å². The highest BCUT2D eigenvalue weighted by Gasteiger charge is 2.33. The van der Waals surface area contributed by atoms with Gasteiger partial charge in [0.1, 0.15) is 5.75 Å². The molecule has 3 rings (SSSR count). The molecule has 0 unspecified atom stereocenters. The summed E-state index contributed by atoms with van der Waals surface area (Å²) in [4.78, 5) is 41.7. The Morgan fingerprint density at radius 1 is 1.13 bits per heavy atom. The maximum Gasteiger partial charge on any atom is 0.573 e. The maximum absolute atomic E-state index is 12.8. The molecule has 1 aliphatic rings. The van der Waals surface area contributed by atoms with Gasteiger partial charge in [-0.1, -0.05) is 12.1 Å². The van der Waals surface area contributed by atoms with Crippen molar-refractivity contribution < 1.29 is 32.3 Å². The third-order valence-corrected chi connectivity index (χ3v) is 4.74. The van der Waals surface area contributed by atoms with Gasteiger partial charge in [-0.25, -0.2) is 0 Å². The molecular weight excluding hydrogens is 417 g/mol. The Labute approximate surface area is 175 Å². The first-order valence-electron chi connectivity index (χ1n) is 9.36. The molecule has 11 heteroatoms. The van der Waals surface area contributed by atoms with Crippen LogP contribution in [0.5, 0.6) is 5.75 Å². The van der Waals surface area contributed by atoms with E-state index in [2.05, 4.69) is 15.0 Å². The number of rotatable bonds is 4. The summed E-state index contributed by atoms with van der Waals surface area (Å²) >= 11 is 0. The fourth-order valence-corrected chi connectivity index (χ4v) is 3.37. The SMILES string of the molecule is NC(=O)c1cncc(NC(=O)C(=O)N2CCCC[C@H]2c2ccc(OC(F)(F)F)cc2)c1. The molecule has 1 aliphatic heterocycles. The number of nitrogens with one attached hydrogen (secondary N) is 1. The number of primary amides is 1. The minimum Gasteiger partial charge on any atom is -0.406 e. The highest BCUT2D eigenvalue weighted by Crippen LogP contribution is 2.33. The molecule has 164 valence electrons. The van der Waals surface area contributed by atoms with Gasteiger partial charge >= 0.3 is 18.2 Å². The second-order valence-corrected chi connectivity index (χ2v) is 6.91. The largest absolute Gasteiger partial charge is 0.573 e. The van der Waals surface area contributed by atoms with E-state index in [0.717, 1.165) is 6.42 Å². The van der Waals surface area contributed by atoms with Crippen LogP contribution in [0.1, 0.15) is 41.2 Å². The van der Waals surface area contributed by atoms with Crippen molar-refractivity contribution in [1.82, 2.24) is 9.88 Å². The van der Waals surface area contributed by atoms with E-state index in [-0.39, 0.29) is 17.0 Å². The lowest BCUT2D eigenvalue weighted by molar-refractivity contribution is -0.274. The number of piperidine rings is 1. The highest BCUT2D eigenvalue weighted by molar-refractivity contribution is 6.39. The molecule has 0 saturated carbocycles. The molecule has 3 amide bonds. The van der Waals surface area contributed by atoms with Gasteiger partial charge in [-0.05, 0) is 43.0 Å². The van der Waals surface area contributed by atoms with Crippen LogP contribution in [0.25, 0.3) is 0 Å². The molecule has 2 heterocycles. The Balaban J connectivity index is 1.73. The van der Waals surface area contributed by atoms with Gasteiger partial charge in [-0.3, -0.25) is 19.4 Å². The van der Waals surface area contributed by atoms with Crippen LogP contribution >= 0.6 is 0 Å². The van der Waals surface area contributed by atoms with Gasteiger partial charge in [0.15, 0.2) is 0 Å². The zero-order valence-electron chi connectivity index (χ0n) is 16.2. The van der Waals surface area contributed by atoms with Crippen LogP contribution in [0.3, 0.4) is 0 Å². The predicted molar refractivity (Wildman–Crippen MR) is 103 cm³/mol. The van der Waals surface area contributed by atoms with Crippen LogP contribution in [0.2, 0.25) is 0 Å². The van der Waals surface area contributed by atoms with E-state index in [9.17, 15) is 27.6 Å². The zero-order chi connectivity index (χ0) is 22.6. The number of likely N-dealkylation sites (tertiary alicyclic amines) is 1. The second kappa shape index (κ2) is 9.02. The molecular formula is C20H19F3N4O4. The van der Waals surface area contributed by atoms with Gasteiger partial charge < -0.3 is 20.7 Å². The first-order valence-corrected chi connectivity index (χ1v) is 9.36. The second-order valence-electron chi connectivity index (χ2n) is 6.91. The van der Waals surface area contributed by atoms with Crippen molar-refractivity contribution >= 4 is 23.4 Å². The van der Waals surface area contributed by atoms with Crippen LogP contribution in [0.4, 0.5) is 18.9 Å². The fraction of sp³-hybridized carbons (Fsp3) is 0.300. The van der Waals surface area contributed by atoms with Crippen molar-refractivity contribution in [3.8, 4) is 5.75 Å². The fourth-order valence-electron chi connectivity index (χ4n) is 3.37. The molecule has 0 radical (unpaired) electrons. The van der Waals surface area contributed by atoms with Crippen LogP contribution in [0, 0.1) is 0 Å². The number of nitrogens with two attached hydrogens (primary N) is 1. The van der Waals surface area contributed by atoms with E-state index < -0.39 is 30.1 Å². The van der Waals surface area contributed by atoms with Crippen LogP contribution in [0.15, 0.2) is 42.7 Å². The Kier molecular flexibility index (Phi) is 6.42. The number of hydrogen-bond acceptors (Lipinski definition) is 5. The standard InChI is InChI=1S/C20H19F3N4O4/c21-20(22,23)31-15-6-4-12(5-7-15)16-3-1-2-8-27(16)19(30)18(29)26-14-9-13(17(24)28)10-25-11-14/h4-7,9-11,16H,1-3,8H2,(H2,24,28)(H,26,29)/t16-/m0/s1. The van der Waals surface area contributed by atoms with E-state index in [1.165, 1.54) is 47.6 Å². The Bertz CT molecular complexity index is 979. The molecule has 1 aromatic heterocycles. The van der Waals surface area contributed by atoms with Crippen molar-refractivity contribution in [2.24, 2.45) is 5.73 Å². The first kappa shape index (κ1) is 22.1. The number of hydrogen-bond donors (Lipinski definition) is 2. The quantitative estimate of drug-likeness (QED) is 0.716. The number of anilines is 1. The minimum atomic E-state index is -4.80. The van der Waals surface area contributed by atoms with E-state index in [0.29, 0.717) is 24.9 Å². The van der Waals surface area contributed by atoms with Crippen LogP contribution in [-0.4, -0.2) is 40.5 Å². The van der Waals surface area contributed by atoms with Gasteiger partial charge in [0.2, 0.25) is 5.91 Å². The molecule has 0 aliphatic carbocycles. The topological polar surface area (TPSA) is 115 Å². The summed E-state index contributed by atoms with van der Waals surface area (Å²) in [6.45, 7) is 0.317. The summed E-state index contributed by atoms with van der Waals surface area (Å²) in [5.41, 5.74) is 5.98. The van der Waals surface area contributed by atoms with Crippen LogP contribution < -0.4 is 15.8 Å². The molecule has 31 heavy (non-hydrogen) atoms. The summed E-state index contributed by atoms with van der Waals surface area (Å²) in [7, 11) is 0. The Morgan fingerprint density at radius 2 is 1.84 bits per heavy atom. The summed E-state index contributed by atoms with van der Waals surface area (Å²) in [5, 5.41) is 2.40. The Hall–Kier alpha value is -3.63. The number of amides is 3. The number of benzene rings is 1. The van der Waals surface area contributed by atoms with Crippen molar-refractivity contribution in [3.63, 3.8) is 0 Å². The molecule has 1 aromatic carbocycles. The molecule has 1 saturated heterocycles. The lowest BCUT2D eigenvalue weighted by Crippen LogP contribution is -2.44. The molecule has 3 N–H and O–H groups in total. The number of nitrogens with zero attached hydrogens (tertiary/aromatic N) is 2. The van der Waals surface area contributed by atoms with Crippen molar-refractivity contribution in [2.75, 3.05) is 11.9 Å². The van der Waals surface area contributed by atoms with E-state index >= 15 is 0 Å². The minimum absolute atomic E-state index is 0.0715. The molecule has 1 atom stereocenters. The van der Waals surface area contributed by atoms with Crippen molar-refractivity contribution in [2.45, 2.75) is 31.7 Å². The highest BCUT2D eigenvalue weighted by atomic mass is 19.4. The third kappa shape index (κ3) is 5.71. The third-order valence-electron chi connectivity index (χ3n) is 4.74. The number of aromatic nitrogens is 1. The van der Waals surface area contributed by atoms with Crippen molar-refractivity contribution in [3.05, 3.63) is 53.9 Å². The van der Waals surface area contributed by atoms with Gasteiger partial charge in [-0.15, -0.1) is 13.2 Å². The molecule has 0 bridgehead atoms. The van der Waals surface area contributed by atoms with Gasteiger partial charge in [0, 0.05) is 12.7 Å². The predicted octanol–water partition coefficient (Wildman–Crippen LogP) is 2.77. The van der Waals surface area contributed by atoms with E-state index in [1.54, 1.807) is 0 Å². The summed E-state index contributed by atoms with van der Waals surface area (Å²) in [6, 6.07) is 6.04. The average molecular weight is 436 g/mol. The van der Waals surface area contributed by atoms with Crippen LogP contribution in [-0.2, 0) is 9.59 Å². The molecule has 0 spiro atoms. The zero-order valence-corrected chi connectivity index (χ0v) is 16.2. The van der Waals surface area contributed by atoms with E-state index in [1.807, 2.05) is 0 Å². The number of carbonyl (C=O) groups is 3. The summed E-state index contributed by atoms with van der Waals surface area (Å²) in [6.07, 6.45) is -0.271. The van der Waals surface area contributed by atoms with Crippen molar-refractivity contribution in [1.29, 1.82) is 0 Å². The van der Waals surface area contributed by atoms with Gasteiger partial charge in [-0.2, -0.15) is 0 Å². The summed E-state index contributed by atoms with van der Waals surface area (Å²) in [5.74, 6) is -2.83. The monoisotopic (exact) mass is 436 g/mol. The normalized spacial score (nSPS) is 16.5. The maximum atomic E-state index is 12.8. The van der Waals surface area contributed by atoms with Gasteiger partial charge in [0.25, 0.3) is 0 Å². The van der Waals surface area contributed by atoms with E-state index in [4.69, 9.17) is 5.73 Å². The molecule has 8 nitrogen and oxygen atoms in total. The number of carbonyl (C=O) groups excluding carboxylic acids is 3. The average Bonchev–Trinajstić information content (AvgIpc) is 2.73. The molecule has 2 aromatic rings. The number of alkyl halides is 3. The number of halogens is 3. The molecule has 1 fully saturated rings. The Morgan fingerprint density at radius 3 is 2.48 bits per heavy atom. The smallest absolute Gasteiger partial charge is 0.406 e. The lowest BCUT2D eigenvalue weighted by atomic mass is 9.95. The lowest BCUT2D eigenvalue weighted by Gasteiger charge is -2.35.